The molecule has 0 heterocycles. The number of phosphoric ester groups is 1. The van der Waals surface area contributed by atoms with Gasteiger partial charge in [-0.1, -0.05) is 166 Å². The number of esters is 1. The van der Waals surface area contributed by atoms with E-state index in [9.17, 15) is 19.4 Å². The molecule has 0 bridgehead atoms. The Balaban J connectivity index is 4.15. The van der Waals surface area contributed by atoms with Gasteiger partial charge in [0, 0.05) is 13.0 Å². The van der Waals surface area contributed by atoms with Gasteiger partial charge < -0.3 is 24.6 Å². The molecule has 10 heteroatoms. The summed E-state index contributed by atoms with van der Waals surface area (Å²) >= 11 is 0. The van der Waals surface area contributed by atoms with Crippen molar-refractivity contribution in [2.45, 2.75) is 219 Å². The van der Waals surface area contributed by atoms with E-state index in [1.807, 2.05) is 0 Å². The van der Waals surface area contributed by atoms with Crippen LogP contribution in [0.25, 0.3) is 0 Å². The lowest BCUT2D eigenvalue weighted by Gasteiger charge is -2.20. The second-order valence-corrected chi connectivity index (χ2v) is 16.9. The molecule has 0 fully saturated rings. The zero-order chi connectivity index (χ0) is 41.1. The normalized spacial score (nSPS) is 14.3. The summed E-state index contributed by atoms with van der Waals surface area (Å²) in [4.78, 5) is 22.6. The number of phosphoric acid groups is 1. The van der Waals surface area contributed by atoms with Gasteiger partial charge in [0.2, 0.25) is 0 Å². The highest BCUT2D eigenvalue weighted by Gasteiger charge is 2.26. The molecule has 0 aliphatic heterocycles. The average molecular weight is 815 g/mol. The molecule has 9 nitrogen and oxygen atoms in total. The van der Waals surface area contributed by atoms with Gasteiger partial charge in [0.05, 0.1) is 26.4 Å². The highest BCUT2D eigenvalue weighted by molar-refractivity contribution is 7.47. The fraction of sp³-hybridized carbons (Fsp3) is 0.848. The van der Waals surface area contributed by atoms with Crippen LogP contribution in [0, 0.1) is 0 Å². The van der Waals surface area contributed by atoms with E-state index >= 15 is 0 Å². The number of carbonyl (C=O) groups is 1. The summed E-state index contributed by atoms with van der Waals surface area (Å²) < 4.78 is 33.4. The smallest absolute Gasteiger partial charge is 0.457 e. The first-order valence-corrected chi connectivity index (χ1v) is 24.5. The number of unbranched alkanes of at least 4 members (excludes halogenated alkanes) is 24. The fourth-order valence-electron chi connectivity index (χ4n) is 6.26. The van der Waals surface area contributed by atoms with Crippen LogP contribution in [-0.4, -0.2) is 66.3 Å². The van der Waals surface area contributed by atoms with Gasteiger partial charge in [-0.25, -0.2) is 4.57 Å². The van der Waals surface area contributed by atoms with E-state index < -0.39 is 33.2 Å². The van der Waals surface area contributed by atoms with Crippen LogP contribution in [-0.2, 0) is 27.9 Å². The van der Waals surface area contributed by atoms with Gasteiger partial charge in [-0.15, -0.1) is 0 Å². The van der Waals surface area contributed by atoms with Gasteiger partial charge in [-0.3, -0.25) is 13.8 Å². The maximum atomic E-state index is 12.6. The highest BCUT2D eigenvalue weighted by atomic mass is 31.2. The number of aliphatic hydroxyl groups excluding tert-OH is 2. The van der Waals surface area contributed by atoms with Crippen molar-refractivity contribution in [2.75, 3.05) is 33.0 Å². The van der Waals surface area contributed by atoms with Gasteiger partial charge in [-0.2, -0.15) is 0 Å². The van der Waals surface area contributed by atoms with E-state index in [1.165, 1.54) is 135 Å². The molecule has 0 saturated carbocycles. The standard InChI is InChI=1S/C46H87O9P/c1-3-5-7-9-11-13-15-17-19-21-22-23-24-26-28-30-32-34-36-38-46(49)55-45(43-54-56(50,51)53-41-44(48)40-47)42-52-39-37-35-33-31-29-27-25-20-18-16-14-12-10-8-6-4-2/h12,14,17-20,44-45,47-48H,3-11,13,15-16,21-43H2,1-2H3,(H,50,51)/b14-12-,19-17-,20-18-. The van der Waals surface area contributed by atoms with Crippen molar-refractivity contribution < 1.29 is 43.0 Å². The Bertz CT molecular complexity index is 970. The molecule has 0 aromatic heterocycles. The maximum Gasteiger partial charge on any atom is 0.472 e. The fourth-order valence-corrected chi connectivity index (χ4v) is 7.05. The van der Waals surface area contributed by atoms with E-state index in [0.717, 1.165) is 51.4 Å². The van der Waals surface area contributed by atoms with Crippen LogP contribution in [0.1, 0.15) is 206 Å². The molecule has 0 saturated heterocycles. The largest absolute Gasteiger partial charge is 0.472 e. The van der Waals surface area contributed by atoms with Crippen LogP contribution in [0.15, 0.2) is 36.5 Å². The first-order chi connectivity index (χ1) is 27.3. The molecule has 3 unspecified atom stereocenters. The molecule has 0 radical (unpaired) electrons. The third-order valence-corrected chi connectivity index (χ3v) is 10.7. The second-order valence-electron chi connectivity index (χ2n) is 15.4. The average Bonchev–Trinajstić information content (AvgIpc) is 3.19. The van der Waals surface area contributed by atoms with Gasteiger partial charge in [0.25, 0.3) is 0 Å². The van der Waals surface area contributed by atoms with E-state index in [0.29, 0.717) is 6.61 Å². The highest BCUT2D eigenvalue weighted by Crippen LogP contribution is 2.43. The summed E-state index contributed by atoms with van der Waals surface area (Å²) in [7, 11) is -4.52. The van der Waals surface area contributed by atoms with Crippen molar-refractivity contribution >= 4 is 13.8 Å². The van der Waals surface area contributed by atoms with Gasteiger partial charge in [0.15, 0.2) is 0 Å². The number of carbonyl (C=O) groups excluding carboxylic acids is 1. The van der Waals surface area contributed by atoms with Crippen LogP contribution >= 0.6 is 7.82 Å². The lowest BCUT2D eigenvalue weighted by molar-refractivity contribution is -0.154. The number of ether oxygens (including phenoxy) is 2. The quantitative estimate of drug-likeness (QED) is 0.0238. The Morgan fingerprint density at radius 1 is 0.554 bits per heavy atom. The van der Waals surface area contributed by atoms with Crippen LogP contribution < -0.4 is 0 Å². The molecule has 0 rings (SSSR count). The predicted octanol–water partition coefficient (Wildman–Crippen LogP) is 12.8. The summed E-state index contributed by atoms with van der Waals surface area (Å²) in [6.07, 6.45) is 46.7. The molecule has 0 aromatic rings. The molecular weight excluding hydrogens is 727 g/mol. The summed E-state index contributed by atoms with van der Waals surface area (Å²) in [6.45, 7) is 3.48. The van der Waals surface area contributed by atoms with Crippen LogP contribution in [0.5, 0.6) is 0 Å². The lowest BCUT2D eigenvalue weighted by atomic mass is 10.1. The van der Waals surface area contributed by atoms with Crippen LogP contribution in [0.2, 0.25) is 0 Å². The summed E-state index contributed by atoms with van der Waals surface area (Å²) in [5.74, 6) is -0.388. The van der Waals surface area contributed by atoms with Crippen molar-refractivity contribution in [3.63, 3.8) is 0 Å². The Kier molecular flexibility index (Phi) is 42.2. The third-order valence-electron chi connectivity index (χ3n) is 9.80. The maximum absolute atomic E-state index is 12.6. The molecule has 0 amide bonds. The zero-order valence-electron chi connectivity index (χ0n) is 36.1. The van der Waals surface area contributed by atoms with E-state index in [-0.39, 0.29) is 25.6 Å². The minimum Gasteiger partial charge on any atom is -0.457 e. The molecule has 330 valence electrons. The summed E-state index contributed by atoms with van der Waals surface area (Å²) in [5, 5.41) is 18.4. The van der Waals surface area contributed by atoms with Crippen molar-refractivity contribution in [1.82, 2.24) is 0 Å². The van der Waals surface area contributed by atoms with Crippen molar-refractivity contribution in [3.8, 4) is 0 Å². The molecule has 0 aliphatic rings. The Morgan fingerprint density at radius 2 is 0.964 bits per heavy atom. The molecule has 3 N–H and O–H groups in total. The summed E-state index contributed by atoms with van der Waals surface area (Å²) in [6, 6.07) is 0. The summed E-state index contributed by atoms with van der Waals surface area (Å²) in [5.41, 5.74) is 0. The van der Waals surface area contributed by atoms with E-state index in [2.05, 4.69) is 50.3 Å². The minimum atomic E-state index is -4.52. The number of hydrogen-bond donors (Lipinski definition) is 3. The molecule has 0 spiro atoms. The topological polar surface area (TPSA) is 132 Å². The Morgan fingerprint density at radius 3 is 1.48 bits per heavy atom. The van der Waals surface area contributed by atoms with Gasteiger partial charge >= 0.3 is 13.8 Å². The lowest BCUT2D eigenvalue weighted by Crippen LogP contribution is -2.29. The molecule has 3 atom stereocenters. The monoisotopic (exact) mass is 815 g/mol. The third kappa shape index (κ3) is 42.3. The molecular formula is C46H87O9P. The first kappa shape index (κ1) is 54.7. The number of aliphatic hydroxyl groups is 2. The minimum absolute atomic E-state index is 0.0424. The van der Waals surface area contributed by atoms with Crippen LogP contribution in [0.3, 0.4) is 0 Å². The first-order valence-electron chi connectivity index (χ1n) is 23.0. The Hall–Kier alpha value is -1.32. The number of hydrogen-bond acceptors (Lipinski definition) is 8. The van der Waals surface area contributed by atoms with Crippen molar-refractivity contribution in [2.24, 2.45) is 0 Å². The number of rotatable bonds is 44. The molecule has 56 heavy (non-hydrogen) atoms. The van der Waals surface area contributed by atoms with Gasteiger partial charge in [-0.05, 0) is 70.6 Å². The Labute approximate surface area is 344 Å². The molecule has 0 aromatic carbocycles. The SMILES string of the molecule is CCCCC/C=C\C/C=C\CCCCCCCCOCC(COP(=O)(O)OCC(O)CO)OC(=O)CCCCCCCCCCC/C=C\CCCCCCCC. The van der Waals surface area contributed by atoms with E-state index in [4.69, 9.17) is 23.6 Å². The van der Waals surface area contributed by atoms with Crippen molar-refractivity contribution in [1.29, 1.82) is 0 Å². The predicted molar refractivity (Wildman–Crippen MR) is 233 cm³/mol. The van der Waals surface area contributed by atoms with Crippen LogP contribution in [0.4, 0.5) is 0 Å². The van der Waals surface area contributed by atoms with Gasteiger partial charge in [0.1, 0.15) is 12.2 Å². The molecule has 0 aliphatic carbocycles. The zero-order valence-corrected chi connectivity index (χ0v) is 37.0. The van der Waals surface area contributed by atoms with E-state index in [1.54, 1.807) is 0 Å². The second kappa shape index (κ2) is 43.3. The number of allylic oxidation sites excluding steroid dienone is 6. The van der Waals surface area contributed by atoms with Crippen molar-refractivity contribution in [3.05, 3.63) is 36.5 Å².